The lowest BCUT2D eigenvalue weighted by molar-refractivity contribution is 0.350. The van der Waals surface area contributed by atoms with Crippen LogP contribution in [-0.2, 0) is 0 Å². The van der Waals surface area contributed by atoms with Crippen molar-refractivity contribution in [3.05, 3.63) is 102 Å². The molecule has 4 heteroatoms. The quantitative estimate of drug-likeness (QED) is 0.727. The minimum absolute atomic E-state index is 0.0258. The Morgan fingerprint density at radius 1 is 0.808 bits per heavy atom. The molecule has 3 nitrogen and oxygen atoms in total. The topological polar surface area (TPSA) is 33.6 Å². The van der Waals surface area contributed by atoms with E-state index in [1.165, 1.54) is 6.07 Å². The number of hydrogen-bond donors (Lipinski definition) is 1. The predicted octanol–water partition coefficient (Wildman–Crippen LogP) is 4.69. The summed E-state index contributed by atoms with van der Waals surface area (Å²) in [5.74, 6) is 0.581. The van der Waals surface area contributed by atoms with Gasteiger partial charge >= 0.3 is 0 Å². The van der Waals surface area contributed by atoms with Gasteiger partial charge in [0.25, 0.3) is 0 Å². The molecule has 1 aliphatic heterocycles. The maximum absolute atomic E-state index is 13.8. The van der Waals surface area contributed by atoms with Gasteiger partial charge < -0.3 is 10.1 Å². The first-order valence-electron chi connectivity index (χ1n) is 8.62. The van der Waals surface area contributed by atoms with Crippen LogP contribution >= 0.6 is 0 Å². The molecule has 0 saturated heterocycles. The van der Waals surface area contributed by atoms with Crippen molar-refractivity contribution in [3.63, 3.8) is 0 Å². The van der Waals surface area contributed by atoms with Crippen LogP contribution in [0.4, 0.5) is 4.39 Å². The van der Waals surface area contributed by atoms with E-state index < -0.39 is 0 Å². The maximum atomic E-state index is 13.8. The molecule has 0 saturated carbocycles. The molecule has 0 bridgehead atoms. The van der Waals surface area contributed by atoms with E-state index in [0.717, 1.165) is 17.0 Å². The van der Waals surface area contributed by atoms with Crippen molar-refractivity contribution < 1.29 is 9.13 Å². The molecule has 0 aromatic heterocycles. The first kappa shape index (κ1) is 16.3. The van der Waals surface area contributed by atoms with Gasteiger partial charge in [0, 0.05) is 0 Å². The Hall–Kier alpha value is -3.14. The second-order valence-corrected chi connectivity index (χ2v) is 6.18. The van der Waals surface area contributed by atoms with Gasteiger partial charge in [0.2, 0.25) is 0 Å². The fourth-order valence-electron chi connectivity index (χ4n) is 3.17. The summed E-state index contributed by atoms with van der Waals surface area (Å²) in [4.78, 5) is 4.82. The summed E-state index contributed by atoms with van der Waals surface area (Å²) < 4.78 is 19.4. The number of aliphatic imine (C=N–C) groups is 1. The Morgan fingerprint density at radius 3 is 2.12 bits per heavy atom. The molecule has 2 atom stereocenters. The number of nitrogens with zero attached hydrogens (tertiary/aromatic N) is 1. The molecule has 2 unspecified atom stereocenters. The number of rotatable bonds is 5. The average molecular weight is 346 g/mol. The summed E-state index contributed by atoms with van der Waals surface area (Å²) >= 11 is 0. The lowest BCUT2D eigenvalue weighted by atomic mass is 9.95. The standard InChI is InChI=1S/C22H19FN2O/c23-18-13-7-8-14-19(18)26-15-20-24-21(16-9-3-1-4-10-16)22(25-20)17-11-5-2-6-12-17/h1-14,21-22H,15H2,(H,24,25). The van der Waals surface area contributed by atoms with Gasteiger partial charge in [-0.2, -0.15) is 0 Å². The lowest BCUT2D eigenvalue weighted by Crippen LogP contribution is -2.28. The molecule has 0 fully saturated rings. The van der Waals surface area contributed by atoms with Gasteiger partial charge in [0.05, 0.1) is 6.04 Å². The van der Waals surface area contributed by atoms with Gasteiger partial charge in [-0.1, -0.05) is 72.8 Å². The SMILES string of the molecule is Fc1ccccc1OCC1=NC(c2ccccc2)C(c2ccccc2)N1. The third-order valence-electron chi connectivity index (χ3n) is 4.43. The number of para-hydroxylation sites is 1. The van der Waals surface area contributed by atoms with Crippen LogP contribution in [0.1, 0.15) is 23.2 Å². The minimum atomic E-state index is -0.370. The number of halogens is 1. The lowest BCUT2D eigenvalue weighted by Gasteiger charge is -2.19. The van der Waals surface area contributed by atoms with Crippen LogP contribution in [0.5, 0.6) is 5.75 Å². The highest BCUT2D eigenvalue weighted by molar-refractivity contribution is 5.86. The fraction of sp³-hybridized carbons (Fsp3) is 0.136. The predicted molar refractivity (Wildman–Crippen MR) is 101 cm³/mol. The summed E-state index contributed by atoms with van der Waals surface area (Å²) in [6.45, 7) is 0.202. The summed E-state index contributed by atoms with van der Waals surface area (Å²) in [5.41, 5.74) is 2.29. The molecule has 130 valence electrons. The van der Waals surface area contributed by atoms with Gasteiger partial charge in [0.1, 0.15) is 18.5 Å². The van der Waals surface area contributed by atoms with E-state index in [2.05, 4.69) is 29.6 Å². The van der Waals surface area contributed by atoms with Crippen molar-refractivity contribution >= 4 is 5.84 Å². The van der Waals surface area contributed by atoms with E-state index in [4.69, 9.17) is 9.73 Å². The summed E-state index contributed by atoms with van der Waals surface area (Å²) in [6.07, 6.45) is 0. The highest BCUT2D eigenvalue weighted by atomic mass is 19.1. The average Bonchev–Trinajstić information content (AvgIpc) is 3.13. The van der Waals surface area contributed by atoms with Gasteiger partial charge in [-0.3, -0.25) is 4.99 Å². The zero-order valence-corrected chi connectivity index (χ0v) is 14.2. The van der Waals surface area contributed by atoms with Gasteiger partial charge in [-0.05, 0) is 23.3 Å². The normalized spacial score (nSPS) is 18.9. The Balaban J connectivity index is 1.57. The van der Waals surface area contributed by atoms with E-state index in [1.54, 1.807) is 18.2 Å². The van der Waals surface area contributed by atoms with Crippen molar-refractivity contribution in [1.29, 1.82) is 0 Å². The molecular formula is C22H19FN2O. The number of amidine groups is 1. The number of hydrogen-bond acceptors (Lipinski definition) is 3. The summed E-state index contributed by atoms with van der Waals surface area (Å²) in [6, 6.07) is 26.8. The molecule has 1 heterocycles. The van der Waals surface area contributed by atoms with Gasteiger partial charge in [-0.25, -0.2) is 4.39 Å². The largest absolute Gasteiger partial charge is 0.483 e. The van der Waals surface area contributed by atoms with Crippen LogP contribution < -0.4 is 10.1 Å². The minimum Gasteiger partial charge on any atom is -0.483 e. The Bertz CT molecular complexity index is 896. The number of ether oxygens (including phenoxy) is 1. The highest BCUT2D eigenvalue weighted by Gasteiger charge is 2.31. The Labute approximate surface area is 152 Å². The van der Waals surface area contributed by atoms with Crippen LogP contribution in [-0.4, -0.2) is 12.4 Å². The Kier molecular flexibility index (Phi) is 4.65. The molecule has 0 spiro atoms. The van der Waals surface area contributed by atoms with E-state index in [-0.39, 0.29) is 30.3 Å². The second kappa shape index (κ2) is 7.40. The van der Waals surface area contributed by atoms with Crippen molar-refractivity contribution in [2.45, 2.75) is 12.1 Å². The monoisotopic (exact) mass is 346 g/mol. The van der Waals surface area contributed by atoms with Crippen LogP contribution in [0.25, 0.3) is 0 Å². The number of benzene rings is 3. The third kappa shape index (κ3) is 3.45. The van der Waals surface area contributed by atoms with Gasteiger partial charge in [0.15, 0.2) is 11.6 Å². The Morgan fingerprint density at radius 2 is 1.42 bits per heavy atom. The second-order valence-electron chi connectivity index (χ2n) is 6.18. The molecular weight excluding hydrogens is 327 g/mol. The van der Waals surface area contributed by atoms with E-state index in [9.17, 15) is 4.39 Å². The van der Waals surface area contributed by atoms with E-state index >= 15 is 0 Å². The number of nitrogens with one attached hydrogen (secondary N) is 1. The summed E-state index contributed by atoms with van der Waals surface area (Å²) in [5, 5.41) is 3.45. The molecule has 1 aliphatic rings. The van der Waals surface area contributed by atoms with Crippen LogP contribution in [0.2, 0.25) is 0 Å². The molecule has 0 amide bonds. The van der Waals surface area contributed by atoms with Crippen LogP contribution in [0.15, 0.2) is 89.9 Å². The zero-order valence-electron chi connectivity index (χ0n) is 14.2. The van der Waals surface area contributed by atoms with Crippen LogP contribution in [0, 0.1) is 5.82 Å². The van der Waals surface area contributed by atoms with Crippen molar-refractivity contribution in [3.8, 4) is 5.75 Å². The zero-order chi connectivity index (χ0) is 17.8. The molecule has 3 aromatic rings. The third-order valence-corrected chi connectivity index (χ3v) is 4.43. The summed E-state index contributed by atoms with van der Waals surface area (Å²) in [7, 11) is 0. The fourth-order valence-corrected chi connectivity index (χ4v) is 3.17. The van der Waals surface area contributed by atoms with Gasteiger partial charge in [-0.15, -0.1) is 0 Å². The van der Waals surface area contributed by atoms with Crippen molar-refractivity contribution in [2.75, 3.05) is 6.61 Å². The molecule has 1 N–H and O–H groups in total. The van der Waals surface area contributed by atoms with Crippen molar-refractivity contribution in [1.82, 2.24) is 5.32 Å². The maximum Gasteiger partial charge on any atom is 0.165 e. The molecule has 0 radical (unpaired) electrons. The van der Waals surface area contributed by atoms with E-state index in [1.807, 2.05) is 36.4 Å². The first-order valence-corrected chi connectivity index (χ1v) is 8.62. The highest BCUT2D eigenvalue weighted by Crippen LogP contribution is 2.35. The molecule has 3 aromatic carbocycles. The first-order chi connectivity index (χ1) is 12.8. The smallest absolute Gasteiger partial charge is 0.165 e. The molecule has 26 heavy (non-hydrogen) atoms. The molecule has 4 rings (SSSR count). The van der Waals surface area contributed by atoms with Crippen LogP contribution in [0.3, 0.4) is 0 Å². The van der Waals surface area contributed by atoms with E-state index in [0.29, 0.717) is 0 Å². The van der Waals surface area contributed by atoms with Crippen molar-refractivity contribution in [2.24, 2.45) is 4.99 Å². The molecule has 0 aliphatic carbocycles.